The van der Waals surface area contributed by atoms with Crippen molar-refractivity contribution in [2.24, 2.45) is 5.41 Å². The van der Waals surface area contributed by atoms with Gasteiger partial charge in [0.15, 0.2) is 0 Å². The molecular weight excluding hydrogens is 445 g/mol. The fourth-order valence-corrected chi connectivity index (χ4v) is 5.96. The van der Waals surface area contributed by atoms with Gasteiger partial charge in [-0.05, 0) is 25.5 Å². The molecule has 2 fully saturated rings. The third-order valence-corrected chi connectivity index (χ3v) is 7.97. The normalized spacial score (nSPS) is 17.3. The maximum absolute atomic E-state index is 14.9. The maximum atomic E-state index is 14.9. The molecule has 5 heterocycles. The van der Waals surface area contributed by atoms with E-state index < -0.39 is 0 Å². The number of anilines is 1. The number of fused-ring (bicyclic) bond motifs is 1. The number of benzene rings is 1. The van der Waals surface area contributed by atoms with E-state index in [2.05, 4.69) is 15.2 Å². The number of aryl methyl sites for hydroxylation is 1. The molecule has 2 aliphatic rings. The van der Waals surface area contributed by atoms with Crippen molar-refractivity contribution in [1.29, 1.82) is 0 Å². The molecule has 0 bridgehead atoms. The fourth-order valence-electron chi connectivity index (χ4n) is 4.82. The molecule has 2 saturated heterocycles. The van der Waals surface area contributed by atoms with E-state index in [1.807, 2.05) is 24.6 Å². The van der Waals surface area contributed by atoms with Crippen molar-refractivity contribution in [1.82, 2.24) is 20.3 Å². The molecule has 2 aliphatic heterocycles. The Hall–Kier alpha value is -2.61. The van der Waals surface area contributed by atoms with Gasteiger partial charge in [0.05, 0.1) is 32.1 Å². The first-order valence-electron chi connectivity index (χ1n) is 10.6. The lowest BCUT2D eigenvalue weighted by Gasteiger charge is -2.39. The van der Waals surface area contributed by atoms with E-state index >= 15 is 0 Å². The molecule has 8 heteroatoms. The molecule has 1 N–H and O–H groups in total. The molecule has 5 nitrogen and oxygen atoms in total. The van der Waals surface area contributed by atoms with Crippen molar-refractivity contribution >= 4 is 39.8 Å². The monoisotopic (exact) mass is 465 g/mol. The highest BCUT2D eigenvalue weighted by molar-refractivity contribution is 7.13. The Balaban J connectivity index is 1.57. The molecule has 0 radical (unpaired) electrons. The lowest BCUT2D eigenvalue weighted by molar-refractivity contribution is 0.199. The Morgan fingerprint density at radius 1 is 1.22 bits per heavy atom. The van der Waals surface area contributed by atoms with Gasteiger partial charge in [-0.25, -0.2) is 14.4 Å². The highest BCUT2D eigenvalue weighted by Gasteiger charge is 2.44. The molecule has 1 spiro atoms. The minimum absolute atomic E-state index is 0.290. The predicted octanol–water partition coefficient (Wildman–Crippen LogP) is 5.32. The van der Waals surface area contributed by atoms with Crippen molar-refractivity contribution in [3.63, 3.8) is 0 Å². The van der Waals surface area contributed by atoms with E-state index in [0.29, 0.717) is 33.0 Å². The smallest absolute Gasteiger partial charge is 0.148 e. The van der Waals surface area contributed by atoms with Gasteiger partial charge in [-0.3, -0.25) is 4.98 Å². The molecule has 0 saturated carbocycles. The number of halogens is 2. The van der Waals surface area contributed by atoms with Gasteiger partial charge < -0.3 is 10.2 Å². The molecule has 4 aromatic rings. The van der Waals surface area contributed by atoms with E-state index in [-0.39, 0.29) is 11.2 Å². The van der Waals surface area contributed by atoms with Crippen LogP contribution in [0.3, 0.4) is 0 Å². The Kier molecular flexibility index (Phi) is 4.68. The van der Waals surface area contributed by atoms with Gasteiger partial charge in [-0.2, -0.15) is 0 Å². The van der Waals surface area contributed by atoms with Crippen molar-refractivity contribution in [3.8, 4) is 21.6 Å². The maximum Gasteiger partial charge on any atom is 0.148 e. The van der Waals surface area contributed by atoms with Crippen LogP contribution in [0.2, 0.25) is 5.02 Å². The second kappa shape index (κ2) is 7.47. The number of thiazole rings is 1. The largest absolute Gasteiger partial charge is 0.355 e. The fraction of sp³-hybridized carbons (Fsp3) is 0.292. The van der Waals surface area contributed by atoms with Crippen LogP contribution in [0.25, 0.3) is 32.6 Å². The van der Waals surface area contributed by atoms with Crippen molar-refractivity contribution < 1.29 is 4.39 Å². The summed E-state index contributed by atoms with van der Waals surface area (Å²) in [5.41, 5.74) is 6.39. The highest BCUT2D eigenvalue weighted by atomic mass is 35.5. The highest BCUT2D eigenvalue weighted by Crippen LogP contribution is 2.44. The second-order valence-electron chi connectivity index (χ2n) is 8.74. The van der Waals surface area contributed by atoms with Crippen molar-refractivity contribution in [3.05, 3.63) is 58.6 Å². The third-order valence-electron chi connectivity index (χ3n) is 6.64. The number of nitrogens with one attached hydrogen (secondary N) is 1. The summed E-state index contributed by atoms with van der Waals surface area (Å²) >= 11 is 8.53. The SMILES string of the molecule is Cc1ncsc1-c1cnc2c(-c3ccccc3F)c(Cl)c(N3CCC4(CNC4)C3)nc2c1. The van der Waals surface area contributed by atoms with Crippen LogP contribution in [-0.2, 0) is 0 Å². The molecule has 32 heavy (non-hydrogen) atoms. The summed E-state index contributed by atoms with van der Waals surface area (Å²) in [5, 5.41) is 3.85. The summed E-state index contributed by atoms with van der Waals surface area (Å²) in [6, 6.07) is 8.73. The van der Waals surface area contributed by atoms with Crippen LogP contribution >= 0.6 is 22.9 Å². The molecule has 3 aromatic heterocycles. The van der Waals surface area contributed by atoms with Gasteiger partial charge in [0.25, 0.3) is 0 Å². The Bertz CT molecular complexity index is 1350. The molecule has 0 aliphatic carbocycles. The lowest BCUT2D eigenvalue weighted by Crippen LogP contribution is -2.54. The standard InChI is InChI=1S/C24H21ClFN5S/c1-14-22(32-13-29-14)15-8-18-21(28-9-15)19(16-4-2-3-5-17(16)26)20(25)23(30-18)31-7-6-24(12-31)10-27-11-24/h2-5,8-9,13,27H,6-7,10-12H2,1H3. The Morgan fingerprint density at radius 2 is 2.06 bits per heavy atom. The lowest BCUT2D eigenvalue weighted by atomic mass is 9.81. The first-order valence-corrected chi connectivity index (χ1v) is 11.9. The van der Waals surface area contributed by atoms with Crippen LogP contribution in [0.15, 0.2) is 42.0 Å². The van der Waals surface area contributed by atoms with Gasteiger partial charge in [0, 0.05) is 54.5 Å². The van der Waals surface area contributed by atoms with Crippen LogP contribution in [0.1, 0.15) is 12.1 Å². The Labute approximate surface area is 194 Å². The van der Waals surface area contributed by atoms with E-state index in [9.17, 15) is 4.39 Å². The molecular formula is C24H21ClFN5S. The van der Waals surface area contributed by atoms with Crippen molar-refractivity contribution in [2.75, 3.05) is 31.1 Å². The number of hydrogen-bond acceptors (Lipinski definition) is 6. The number of hydrogen-bond donors (Lipinski definition) is 1. The average Bonchev–Trinajstić information content (AvgIpc) is 3.41. The van der Waals surface area contributed by atoms with Crippen LogP contribution in [0, 0.1) is 18.2 Å². The zero-order chi connectivity index (χ0) is 21.9. The molecule has 1 aromatic carbocycles. The summed E-state index contributed by atoms with van der Waals surface area (Å²) in [6.07, 6.45) is 2.90. The number of pyridine rings is 2. The van der Waals surface area contributed by atoms with Crippen LogP contribution in [-0.4, -0.2) is 41.1 Å². The number of nitrogens with zero attached hydrogens (tertiary/aromatic N) is 4. The average molecular weight is 466 g/mol. The first kappa shape index (κ1) is 20.0. The van der Waals surface area contributed by atoms with Crippen LogP contribution in [0.5, 0.6) is 0 Å². The molecule has 162 valence electrons. The zero-order valence-corrected chi connectivity index (χ0v) is 19.1. The first-order chi connectivity index (χ1) is 15.5. The van der Waals surface area contributed by atoms with Crippen LogP contribution in [0.4, 0.5) is 10.2 Å². The molecule has 0 amide bonds. The molecule has 6 rings (SSSR count). The number of aromatic nitrogens is 3. The van der Waals surface area contributed by atoms with Gasteiger partial charge in [-0.1, -0.05) is 29.8 Å². The van der Waals surface area contributed by atoms with Gasteiger partial charge in [-0.15, -0.1) is 11.3 Å². The van der Waals surface area contributed by atoms with Gasteiger partial charge >= 0.3 is 0 Å². The second-order valence-corrected chi connectivity index (χ2v) is 9.97. The summed E-state index contributed by atoms with van der Waals surface area (Å²) < 4.78 is 14.9. The summed E-state index contributed by atoms with van der Waals surface area (Å²) in [6.45, 7) is 5.81. The minimum atomic E-state index is -0.321. The summed E-state index contributed by atoms with van der Waals surface area (Å²) in [5.74, 6) is 0.388. The summed E-state index contributed by atoms with van der Waals surface area (Å²) in [4.78, 5) is 17.4. The minimum Gasteiger partial charge on any atom is -0.355 e. The van der Waals surface area contributed by atoms with Gasteiger partial charge in [0.2, 0.25) is 0 Å². The number of rotatable bonds is 3. The molecule has 0 atom stereocenters. The Morgan fingerprint density at radius 3 is 2.75 bits per heavy atom. The van der Waals surface area contributed by atoms with Crippen molar-refractivity contribution in [2.45, 2.75) is 13.3 Å². The van der Waals surface area contributed by atoms with E-state index in [0.717, 1.165) is 48.7 Å². The van der Waals surface area contributed by atoms with Gasteiger partial charge in [0.1, 0.15) is 11.6 Å². The van der Waals surface area contributed by atoms with Crippen LogP contribution < -0.4 is 10.2 Å². The quantitative estimate of drug-likeness (QED) is 0.443. The van der Waals surface area contributed by atoms with E-state index in [1.165, 1.54) is 6.07 Å². The molecule has 0 unspecified atom stereocenters. The predicted molar refractivity (Wildman–Crippen MR) is 128 cm³/mol. The topological polar surface area (TPSA) is 53.9 Å². The third kappa shape index (κ3) is 3.10. The van der Waals surface area contributed by atoms with E-state index in [1.54, 1.807) is 29.7 Å². The summed E-state index contributed by atoms with van der Waals surface area (Å²) in [7, 11) is 0. The van der Waals surface area contributed by atoms with E-state index in [4.69, 9.17) is 21.6 Å². The zero-order valence-electron chi connectivity index (χ0n) is 17.5.